The maximum Gasteiger partial charge on any atom is 0.336 e. The SMILES string of the molecule is C=C(C(=O)OC)C1(O)[CH]C=CC=C1. The molecule has 0 heterocycles. The molecule has 0 fully saturated rings. The van der Waals surface area contributed by atoms with E-state index in [0.29, 0.717) is 0 Å². The topological polar surface area (TPSA) is 46.5 Å². The fraction of sp³-hybridized carbons (Fsp3) is 0.200. The number of carbonyl (C=O) groups excluding carboxylic acids is 1. The summed E-state index contributed by atoms with van der Waals surface area (Å²) in [5.41, 5.74) is -1.39. The summed E-state index contributed by atoms with van der Waals surface area (Å²) in [7, 11) is 1.25. The molecule has 1 N–H and O–H groups in total. The summed E-state index contributed by atoms with van der Waals surface area (Å²) in [4.78, 5) is 11.1. The van der Waals surface area contributed by atoms with Crippen LogP contribution < -0.4 is 0 Å². The first-order valence-electron chi connectivity index (χ1n) is 3.80. The van der Waals surface area contributed by atoms with Gasteiger partial charge in [0.1, 0.15) is 5.60 Å². The summed E-state index contributed by atoms with van der Waals surface area (Å²) in [6, 6.07) is 0. The van der Waals surface area contributed by atoms with Gasteiger partial charge in [-0.3, -0.25) is 0 Å². The molecule has 1 atom stereocenters. The number of carbonyl (C=O) groups is 1. The molecule has 0 saturated heterocycles. The molecular formula is C10H11O3. The molecule has 0 aromatic rings. The number of methoxy groups -OCH3 is 1. The van der Waals surface area contributed by atoms with E-state index in [4.69, 9.17) is 0 Å². The molecule has 1 unspecified atom stereocenters. The van der Waals surface area contributed by atoms with Gasteiger partial charge < -0.3 is 9.84 Å². The van der Waals surface area contributed by atoms with Crippen LogP contribution >= 0.6 is 0 Å². The van der Waals surface area contributed by atoms with E-state index in [-0.39, 0.29) is 5.57 Å². The lowest BCUT2D eigenvalue weighted by Gasteiger charge is -2.25. The zero-order valence-corrected chi connectivity index (χ0v) is 7.36. The number of aliphatic hydroxyl groups is 1. The number of esters is 1. The highest BCUT2D eigenvalue weighted by Crippen LogP contribution is 2.24. The Hall–Kier alpha value is -1.35. The Morgan fingerprint density at radius 2 is 2.15 bits per heavy atom. The normalized spacial score (nSPS) is 25.7. The largest absolute Gasteiger partial charge is 0.466 e. The van der Waals surface area contributed by atoms with Crippen molar-refractivity contribution in [1.29, 1.82) is 0 Å². The molecule has 0 aromatic carbocycles. The van der Waals surface area contributed by atoms with Gasteiger partial charge in [-0.25, -0.2) is 4.79 Å². The molecule has 1 radical (unpaired) electrons. The Labute approximate surface area is 77.0 Å². The molecule has 1 rings (SSSR count). The third-order valence-electron chi connectivity index (χ3n) is 1.84. The van der Waals surface area contributed by atoms with Crippen LogP contribution in [-0.4, -0.2) is 23.8 Å². The number of allylic oxidation sites excluding steroid dienone is 2. The second-order valence-corrected chi connectivity index (χ2v) is 2.71. The van der Waals surface area contributed by atoms with Crippen LogP contribution in [0.2, 0.25) is 0 Å². The van der Waals surface area contributed by atoms with Crippen molar-refractivity contribution in [1.82, 2.24) is 0 Å². The molecule has 0 amide bonds. The van der Waals surface area contributed by atoms with Gasteiger partial charge in [-0.15, -0.1) is 0 Å². The van der Waals surface area contributed by atoms with Crippen molar-refractivity contribution in [2.24, 2.45) is 0 Å². The van der Waals surface area contributed by atoms with E-state index in [9.17, 15) is 9.90 Å². The van der Waals surface area contributed by atoms with Crippen LogP contribution in [0.15, 0.2) is 36.5 Å². The summed E-state index contributed by atoms with van der Waals surface area (Å²) in [5, 5.41) is 9.85. The van der Waals surface area contributed by atoms with Crippen LogP contribution in [0.5, 0.6) is 0 Å². The molecule has 3 heteroatoms. The molecule has 0 bridgehead atoms. The standard InChI is InChI=1S/C10H11O3/c1-8(9(11)13-2)10(12)6-4-3-5-7-10/h3-7,12H,1H2,2H3. The number of hydrogen-bond acceptors (Lipinski definition) is 3. The van der Waals surface area contributed by atoms with Crippen LogP contribution in [0, 0.1) is 6.42 Å². The summed E-state index contributed by atoms with van der Waals surface area (Å²) >= 11 is 0. The second-order valence-electron chi connectivity index (χ2n) is 2.71. The highest BCUT2D eigenvalue weighted by atomic mass is 16.5. The van der Waals surface area contributed by atoms with E-state index in [2.05, 4.69) is 11.3 Å². The quantitative estimate of drug-likeness (QED) is 0.503. The van der Waals surface area contributed by atoms with Gasteiger partial charge in [-0.05, 0) is 6.08 Å². The number of hydrogen-bond donors (Lipinski definition) is 1. The Morgan fingerprint density at radius 3 is 2.62 bits per heavy atom. The Morgan fingerprint density at radius 1 is 1.46 bits per heavy atom. The van der Waals surface area contributed by atoms with Gasteiger partial charge in [0, 0.05) is 6.42 Å². The predicted octanol–water partition coefficient (Wildman–Crippen LogP) is 0.777. The average molecular weight is 179 g/mol. The lowest BCUT2D eigenvalue weighted by molar-refractivity contribution is -0.137. The molecule has 69 valence electrons. The average Bonchev–Trinajstić information content (AvgIpc) is 2.16. The minimum Gasteiger partial charge on any atom is -0.466 e. The fourth-order valence-corrected chi connectivity index (χ4v) is 1.01. The molecule has 3 nitrogen and oxygen atoms in total. The van der Waals surface area contributed by atoms with Gasteiger partial charge in [0.2, 0.25) is 0 Å². The molecular weight excluding hydrogens is 168 g/mol. The maximum atomic E-state index is 11.1. The number of rotatable bonds is 2. The van der Waals surface area contributed by atoms with E-state index < -0.39 is 11.6 Å². The van der Waals surface area contributed by atoms with Gasteiger partial charge in [0.25, 0.3) is 0 Å². The van der Waals surface area contributed by atoms with Gasteiger partial charge in [0.15, 0.2) is 0 Å². The van der Waals surface area contributed by atoms with Crippen molar-refractivity contribution in [3.63, 3.8) is 0 Å². The van der Waals surface area contributed by atoms with Crippen molar-refractivity contribution in [3.8, 4) is 0 Å². The van der Waals surface area contributed by atoms with Crippen molar-refractivity contribution >= 4 is 5.97 Å². The summed E-state index contributed by atoms with van der Waals surface area (Å²) in [5.74, 6) is -0.612. The molecule has 0 saturated carbocycles. The van der Waals surface area contributed by atoms with Crippen LogP contribution in [0.3, 0.4) is 0 Å². The second kappa shape index (κ2) is 3.58. The van der Waals surface area contributed by atoms with E-state index in [1.165, 1.54) is 19.6 Å². The monoisotopic (exact) mass is 179 g/mol. The van der Waals surface area contributed by atoms with Gasteiger partial charge in [-0.1, -0.05) is 24.8 Å². The fourth-order valence-electron chi connectivity index (χ4n) is 1.01. The van der Waals surface area contributed by atoms with Gasteiger partial charge in [0.05, 0.1) is 12.7 Å². The zero-order valence-electron chi connectivity index (χ0n) is 7.36. The zero-order chi connectivity index (χ0) is 9.90. The number of ether oxygens (including phenoxy) is 1. The summed E-state index contributed by atoms with van der Waals surface area (Å²) in [6.45, 7) is 3.48. The van der Waals surface area contributed by atoms with Crippen molar-refractivity contribution in [2.45, 2.75) is 5.60 Å². The highest BCUT2D eigenvalue weighted by molar-refractivity contribution is 5.91. The van der Waals surface area contributed by atoms with Crippen LogP contribution in [0.1, 0.15) is 0 Å². The smallest absolute Gasteiger partial charge is 0.336 e. The third-order valence-corrected chi connectivity index (χ3v) is 1.84. The first-order chi connectivity index (χ1) is 6.10. The third kappa shape index (κ3) is 1.87. The maximum absolute atomic E-state index is 11.1. The van der Waals surface area contributed by atoms with E-state index in [0.717, 1.165) is 0 Å². The lowest BCUT2D eigenvalue weighted by Crippen LogP contribution is -2.33. The highest BCUT2D eigenvalue weighted by Gasteiger charge is 2.32. The molecule has 13 heavy (non-hydrogen) atoms. The van der Waals surface area contributed by atoms with Crippen molar-refractivity contribution in [3.05, 3.63) is 42.9 Å². The summed E-state index contributed by atoms with van der Waals surface area (Å²) in [6.07, 6.45) is 8.00. The van der Waals surface area contributed by atoms with Crippen LogP contribution in [-0.2, 0) is 9.53 Å². The molecule has 1 aliphatic rings. The van der Waals surface area contributed by atoms with E-state index >= 15 is 0 Å². The minimum atomic E-state index is -1.40. The van der Waals surface area contributed by atoms with Crippen LogP contribution in [0.4, 0.5) is 0 Å². The molecule has 0 aliphatic heterocycles. The molecule has 1 aliphatic carbocycles. The van der Waals surface area contributed by atoms with Crippen molar-refractivity contribution in [2.75, 3.05) is 7.11 Å². The van der Waals surface area contributed by atoms with Gasteiger partial charge in [-0.2, -0.15) is 0 Å². The predicted molar refractivity (Wildman–Crippen MR) is 48.7 cm³/mol. The summed E-state index contributed by atoms with van der Waals surface area (Å²) < 4.78 is 4.45. The molecule has 0 aromatic heterocycles. The molecule has 0 spiro atoms. The first kappa shape index (κ1) is 9.74. The Balaban J connectivity index is 2.81. The van der Waals surface area contributed by atoms with E-state index in [1.807, 2.05) is 0 Å². The Kier molecular flexibility index (Phi) is 2.68. The Bertz CT molecular complexity index is 289. The lowest BCUT2D eigenvalue weighted by atomic mass is 9.88. The van der Waals surface area contributed by atoms with E-state index in [1.54, 1.807) is 18.2 Å². The first-order valence-corrected chi connectivity index (χ1v) is 3.80. The van der Waals surface area contributed by atoms with Gasteiger partial charge >= 0.3 is 5.97 Å². The van der Waals surface area contributed by atoms with Crippen molar-refractivity contribution < 1.29 is 14.6 Å². The minimum absolute atomic E-state index is 0.00981. The van der Waals surface area contributed by atoms with Crippen LogP contribution in [0.25, 0.3) is 0 Å².